The summed E-state index contributed by atoms with van der Waals surface area (Å²) in [4.78, 5) is 11.8. The zero-order chi connectivity index (χ0) is 14.8. The van der Waals surface area contributed by atoms with Crippen LogP contribution in [0.1, 0.15) is 17.4 Å². The van der Waals surface area contributed by atoms with E-state index in [9.17, 15) is 9.90 Å². The molecule has 0 amide bonds. The first-order valence-corrected chi connectivity index (χ1v) is 6.85. The first-order valence-electron chi connectivity index (χ1n) is 6.85. The van der Waals surface area contributed by atoms with Gasteiger partial charge >= 0.3 is 0 Å². The van der Waals surface area contributed by atoms with Crippen LogP contribution in [0.3, 0.4) is 0 Å². The fraction of sp³-hybridized carbons (Fsp3) is 0.176. The topological polar surface area (TPSA) is 55.1 Å². The molecule has 2 aromatic carbocycles. The Labute approximate surface area is 122 Å². The predicted octanol–water partition coefficient (Wildman–Crippen LogP) is 2.44. The Morgan fingerprint density at radius 1 is 1.10 bits per heavy atom. The number of aliphatic hydroxyl groups excluding tert-OH is 1. The number of hydrogen-bond acceptors (Lipinski definition) is 3. The molecule has 1 unspecified atom stereocenters. The lowest BCUT2D eigenvalue weighted by Gasteiger charge is -2.14. The molecule has 1 aromatic heterocycles. The van der Waals surface area contributed by atoms with Gasteiger partial charge in [0.15, 0.2) is 0 Å². The minimum absolute atomic E-state index is 0.147. The maximum Gasteiger partial charge on any atom is 0.266 e. The monoisotopic (exact) mass is 280 g/mol. The van der Waals surface area contributed by atoms with Gasteiger partial charge < -0.3 is 5.11 Å². The van der Waals surface area contributed by atoms with E-state index in [1.807, 2.05) is 49.4 Å². The number of aryl methyl sites for hydroxylation is 1. The second-order valence-corrected chi connectivity index (χ2v) is 5.08. The molecule has 106 valence electrons. The molecule has 1 atom stereocenters. The van der Waals surface area contributed by atoms with Gasteiger partial charge in [-0.05, 0) is 29.3 Å². The van der Waals surface area contributed by atoms with E-state index in [4.69, 9.17) is 0 Å². The van der Waals surface area contributed by atoms with E-state index < -0.39 is 6.10 Å². The first kappa shape index (κ1) is 13.5. The van der Waals surface area contributed by atoms with Crippen molar-refractivity contribution in [1.82, 2.24) is 9.78 Å². The molecule has 3 rings (SSSR count). The molecule has 0 radical (unpaired) electrons. The van der Waals surface area contributed by atoms with E-state index in [1.165, 1.54) is 10.7 Å². The Balaban J connectivity index is 1.99. The van der Waals surface area contributed by atoms with Crippen molar-refractivity contribution in [1.29, 1.82) is 0 Å². The zero-order valence-electron chi connectivity index (χ0n) is 11.7. The van der Waals surface area contributed by atoms with Crippen molar-refractivity contribution < 1.29 is 5.11 Å². The number of hydrogen-bond donors (Lipinski definition) is 1. The molecule has 0 aliphatic carbocycles. The highest BCUT2D eigenvalue weighted by atomic mass is 16.3. The molecule has 0 aliphatic rings. The average molecular weight is 280 g/mol. The standard InChI is InChI=1S/C17H16N2O2/c1-12-9-10-17(21)19(18-12)11-16(20)15-8-4-6-13-5-2-3-7-14(13)15/h2-10,16,20H,11H2,1H3. The van der Waals surface area contributed by atoms with E-state index in [1.54, 1.807) is 6.07 Å². The summed E-state index contributed by atoms with van der Waals surface area (Å²) < 4.78 is 1.31. The molecule has 3 aromatic rings. The molecule has 0 fully saturated rings. The van der Waals surface area contributed by atoms with E-state index in [2.05, 4.69) is 5.10 Å². The number of aliphatic hydroxyl groups is 1. The zero-order valence-corrected chi connectivity index (χ0v) is 11.7. The highest BCUT2D eigenvalue weighted by Crippen LogP contribution is 2.24. The smallest absolute Gasteiger partial charge is 0.266 e. The number of rotatable bonds is 3. The summed E-state index contributed by atoms with van der Waals surface area (Å²) in [5.41, 5.74) is 1.35. The van der Waals surface area contributed by atoms with Gasteiger partial charge in [-0.15, -0.1) is 0 Å². The van der Waals surface area contributed by atoms with Crippen molar-refractivity contribution >= 4 is 10.8 Å². The van der Waals surface area contributed by atoms with Crippen LogP contribution in [0.15, 0.2) is 59.4 Å². The Morgan fingerprint density at radius 2 is 1.86 bits per heavy atom. The summed E-state index contributed by atoms with van der Waals surface area (Å²) in [6, 6.07) is 16.8. The molecule has 0 saturated heterocycles. The van der Waals surface area contributed by atoms with Crippen LogP contribution in [-0.4, -0.2) is 14.9 Å². The molecule has 4 heteroatoms. The minimum Gasteiger partial charge on any atom is -0.386 e. The van der Waals surface area contributed by atoms with Gasteiger partial charge in [-0.3, -0.25) is 4.79 Å². The van der Waals surface area contributed by atoms with Crippen molar-refractivity contribution in [3.05, 3.63) is 76.2 Å². The van der Waals surface area contributed by atoms with E-state index in [0.717, 1.165) is 22.0 Å². The van der Waals surface area contributed by atoms with Gasteiger partial charge in [-0.2, -0.15) is 5.10 Å². The first-order chi connectivity index (χ1) is 10.1. The van der Waals surface area contributed by atoms with Gasteiger partial charge in [0.2, 0.25) is 0 Å². The highest BCUT2D eigenvalue weighted by molar-refractivity contribution is 5.85. The second-order valence-electron chi connectivity index (χ2n) is 5.08. The molecular weight excluding hydrogens is 264 g/mol. The van der Waals surface area contributed by atoms with Crippen LogP contribution in [0, 0.1) is 6.92 Å². The third-order valence-electron chi connectivity index (χ3n) is 3.53. The van der Waals surface area contributed by atoms with Crippen molar-refractivity contribution in [2.75, 3.05) is 0 Å². The third kappa shape index (κ3) is 2.71. The maximum atomic E-state index is 11.8. The maximum absolute atomic E-state index is 11.8. The average Bonchev–Trinajstić information content (AvgIpc) is 2.50. The van der Waals surface area contributed by atoms with Crippen LogP contribution in [-0.2, 0) is 6.54 Å². The van der Waals surface area contributed by atoms with Gasteiger partial charge in [0.1, 0.15) is 0 Å². The molecule has 0 spiro atoms. The largest absolute Gasteiger partial charge is 0.386 e. The van der Waals surface area contributed by atoms with Crippen LogP contribution in [0.2, 0.25) is 0 Å². The molecule has 1 N–H and O–H groups in total. The van der Waals surface area contributed by atoms with Gasteiger partial charge in [0.05, 0.1) is 18.3 Å². The highest BCUT2D eigenvalue weighted by Gasteiger charge is 2.13. The van der Waals surface area contributed by atoms with E-state index >= 15 is 0 Å². The lowest BCUT2D eigenvalue weighted by molar-refractivity contribution is 0.150. The van der Waals surface area contributed by atoms with E-state index in [0.29, 0.717) is 0 Å². The molecular formula is C17H16N2O2. The van der Waals surface area contributed by atoms with Crippen LogP contribution >= 0.6 is 0 Å². The molecule has 4 nitrogen and oxygen atoms in total. The fourth-order valence-corrected chi connectivity index (χ4v) is 2.48. The van der Waals surface area contributed by atoms with Crippen LogP contribution in [0.5, 0.6) is 0 Å². The molecule has 0 aliphatic heterocycles. The second kappa shape index (κ2) is 5.50. The number of benzene rings is 2. The Hall–Kier alpha value is -2.46. The summed E-state index contributed by atoms with van der Waals surface area (Å²) in [5.74, 6) is 0. The Bertz CT molecular complexity index is 834. The molecule has 1 heterocycles. The predicted molar refractivity (Wildman–Crippen MR) is 82.1 cm³/mol. The van der Waals surface area contributed by atoms with Gasteiger partial charge in [-0.1, -0.05) is 42.5 Å². The van der Waals surface area contributed by atoms with Crippen molar-refractivity contribution in [2.45, 2.75) is 19.6 Å². The van der Waals surface area contributed by atoms with Gasteiger partial charge in [-0.25, -0.2) is 4.68 Å². The van der Waals surface area contributed by atoms with Crippen molar-refractivity contribution in [3.63, 3.8) is 0 Å². The Kier molecular flexibility index (Phi) is 3.54. The summed E-state index contributed by atoms with van der Waals surface area (Å²) in [5, 5.41) is 16.7. The van der Waals surface area contributed by atoms with Crippen LogP contribution < -0.4 is 5.56 Å². The number of aromatic nitrogens is 2. The van der Waals surface area contributed by atoms with Gasteiger partial charge in [0.25, 0.3) is 5.56 Å². The third-order valence-corrected chi connectivity index (χ3v) is 3.53. The molecule has 0 bridgehead atoms. The summed E-state index contributed by atoms with van der Waals surface area (Å²) in [6.45, 7) is 1.97. The van der Waals surface area contributed by atoms with Crippen molar-refractivity contribution in [3.8, 4) is 0 Å². The molecule has 21 heavy (non-hydrogen) atoms. The van der Waals surface area contributed by atoms with Gasteiger partial charge in [0, 0.05) is 6.07 Å². The summed E-state index contributed by atoms with van der Waals surface area (Å²) >= 11 is 0. The molecule has 0 saturated carbocycles. The Morgan fingerprint density at radius 3 is 2.71 bits per heavy atom. The van der Waals surface area contributed by atoms with Crippen molar-refractivity contribution in [2.24, 2.45) is 0 Å². The minimum atomic E-state index is -0.775. The number of fused-ring (bicyclic) bond motifs is 1. The summed E-state index contributed by atoms with van der Waals surface area (Å²) in [6.07, 6.45) is -0.775. The quantitative estimate of drug-likeness (QED) is 0.801. The lowest BCUT2D eigenvalue weighted by atomic mass is 10.0. The van der Waals surface area contributed by atoms with E-state index in [-0.39, 0.29) is 12.1 Å². The fourth-order valence-electron chi connectivity index (χ4n) is 2.48. The summed E-state index contributed by atoms with van der Waals surface area (Å²) in [7, 11) is 0. The number of nitrogens with zero attached hydrogens (tertiary/aromatic N) is 2. The van der Waals surface area contributed by atoms with Crippen LogP contribution in [0.4, 0.5) is 0 Å². The SMILES string of the molecule is Cc1ccc(=O)n(CC(O)c2cccc3ccccc23)n1. The lowest BCUT2D eigenvalue weighted by Crippen LogP contribution is -2.25. The van der Waals surface area contributed by atoms with Crippen LogP contribution in [0.25, 0.3) is 10.8 Å². The normalized spacial score (nSPS) is 12.5.